The smallest absolute Gasteiger partial charge is 0.393 e. The van der Waals surface area contributed by atoms with E-state index < -0.39 is 11.7 Å². The number of rotatable bonds is 5. The Labute approximate surface area is 142 Å². The third-order valence-electron chi connectivity index (χ3n) is 5.03. The maximum absolute atomic E-state index is 12.6. The molecule has 25 heavy (non-hydrogen) atoms. The number of aromatic nitrogens is 2. The Kier molecular flexibility index (Phi) is 3.68. The van der Waals surface area contributed by atoms with Gasteiger partial charge in [-0.3, -0.25) is 0 Å². The lowest BCUT2D eigenvalue weighted by Crippen LogP contribution is -2.59. The van der Waals surface area contributed by atoms with Gasteiger partial charge < -0.3 is 15.2 Å². The van der Waals surface area contributed by atoms with E-state index in [1.54, 1.807) is 17.1 Å². The first-order valence-electron chi connectivity index (χ1n) is 8.04. The van der Waals surface area contributed by atoms with Crippen LogP contribution in [0, 0.1) is 0 Å². The zero-order chi connectivity index (χ0) is 17.7. The Balaban J connectivity index is 1.39. The quantitative estimate of drug-likeness (QED) is 0.866. The van der Waals surface area contributed by atoms with Crippen molar-refractivity contribution in [2.45, 2.75) is 36.7 Å². The highest BCUT2D eigenvalue weighted by Gasteiger charge is 2.61. The van der Waals surface area contributed by atoms with Crippen LogP contribution in [-0.2, 0) is 17.5 Å². The predicted molar refractivity (Wildman–Crippen MR) is 83.1 cm³/mol. The van der Waals surface area contributed by atoms with E-state index in [4.69, 9.17) is 4.74 Å². The molecule has 8 heteroatoms. The van der Waals surface area contributed by atoms with Crippen LogP contribution < -0.4 is 5.32 Å². The van der Waals surface area contributed by atoms with Gasteiger partial charge in [-0.1, -0.05) is 0 Å². The Hall–Kier alpha value is -1.90. The van der Waals surface area contributed by atoms with E-state index >= 15 is 0 Å². The fourth-order valence-corrected chi connectivity index (χ4v) is 3.70. The fraction of sp³-hybridized carbons (Fsp3) is 0.471. The predicted octanol–water partition coefficient (Wildman–Crippen LogP) is 2.27. The van der Waals surface area contributed by atoms with Crippen LogP contribution in [0.3, 0.4) is 0 Å². The topological polar surface area (TPSA) is 59.3 Å². The van der Waals surface area contributed by atoms with E-state index in [-0.39, 0.29) is 17.7 Å². The van der Waals surface area contributed by atoms with E-state index in [1.807, 2.05) is 0 Å². The number of nitrogens with zero attached hydrogens (tertiary/aromatic N) is 2. The lowest BCUT2D eigenvalue weighted by atomic mass is 9.69. The van der Waals surface area contributed by atoms with Gasteiger partial charge in [0.2, 0.25) is 0 Å². The minimum absolute atomic E-state index is 0.0439. The van der Waals surface area contributed by atoms with Gasteiger partial charge in [-0.15, -0.1) is 0 Å². The molecule has 3 heterocycles. The molecule has 2 aromatic rings. The van der Waals surface area contributed by atoms with Crippen LogP contribution in [0.25, 0.3) is 5.69 Å². The van der Waals surface area contributed by atoms with Crippen molar-refractivity contribution < 1.29 is 23.0 Å². The molecule has 1 aromatic carbocycles. The zero-order valence-electron chi connectivity index (χ0n) is 13.4. The lowest BCUT2D eigenvalue weighted by molar-refractivity contribution is -0.137. The van der Waals surface area contributed by atoms with Crippen molar-refractivity contribution in [3.63, 3.8) is 0 Å². The van der Waals surface area contributed by atoms with Crippen LogP contribution >= 0.6 is 0 Å². The Morgan fingerprint density at radius 3 is 2.56 bits per heavy atom. The highest BCUT2D eigenvalue weighted by Crippen LogP contribution is 2.51. The molecule has 2 N–H and O–H groups in total. The van der Waals surface area contributed by atoms with Crippen molar-refractivity contribution in [1.29, 1.82) is 0 Å². The number of halogens is 3. The molecule has 1 aliphatic carbocycles. The van der Waals surface area contributed by atoms with Crippen LogP contribution in [0.4, 0.5) is 13.2 Å². The van der Waals surface area contributed by atoms with E-state index in [0.717, 1.165) is 30.5 Å². The maximum Gasteiger partial charge on any atom is 0.416 e. The summed E-state index contributed by atoms with van der Waals surface area (Å²) < 4.78 is 45.0. The summed E-state index contributed by atoms with van der Waals surface area (Å²) in [5, 5.41) is 17.0. The Morgan fingerprint density at radius 2 is 1.96 bits per heavy atom. The van der Waals surface area contributed by atoms with Crippen LogP contribution in [0.15, 0.2) is 36.7 Å². The number of hydrogen-bond donors (Lipinski definition) is 2. The minimum atomic E-state index is -4.34. The molecule has 1 saturated carbocycles. The molecule has 5 rings (SSSR count). The van der Waals surface area contributed by atoms with E-state index in [0.29, 0.717) is 18.8 Å². The van der Waals surface area contributed by atoms with Gasteiger partial charge in [0.25, 0.3) is 0 Å². The average molecular weight is 353 g/mol. The summed E-state index contributed by atoms with van der Waals surface area (Å²) in [6.07, 6.45) is 0.731. The van der Waals surface area contributed by atoms with Crippen molar-refractivity contribution in [1.82, 2.24) is 15.1 Å². The highest BCUT2D eigenvalue weighted by atomic mass is 19.4. The molecular weight excluding hydrogens is 335 g/mol. The maximum atomic E-state index is 12.6. The first-order chi connectivity index (χ1) is 11.8. The molecule has 3 fully saturated rings. The van der Waals surface area contributed by atoms with Gasteiger partial charge in [-0.2, -0.15) is 18.3 Å². The van der Waals surface area contributed by atoms with Crippen molar-refractivity contribution >= 4 is 0 Å². The van der Waals surface area contributed by atoms with E-state index in [1.165, 1.54) is 12.1 Å². The summed E-state index contributed by atoms with van der Waals surface area (Å²) in [5.41, 5.74) is 0.381. The molecule has 0 unspecified atom stereocenters. The third-order valence-corrected chi connectivity index (χ3v) is 5.03. The number of aliphatic hydroxyl groups is 1. The first kappa shape index (κ1) is 16.6. The lowest BCUT2D eigenvalue weighted by Gasteiger charge is -2.44. The molecule has 0 amide bonds. The molecule has 3 aliphatic rings. The van der Waals surface area contributed by atoms with E-state index in [2.05, 4.69) is 10.4 Å². The number of nitrogens with one attached hydrogen (secondary N) is 1. The Bertz CT molecular complexity index is 764. The standard InChI is InChI=1S/C17H18F3N3O2/c18-17(19,20)13-1-3-14(4-2-13)23-7-12(6-22-23)5-21-15-8-16(9-15,10-24)25-11-15/h1-4,6-7,21,24H,5,8-11H2. The summed E-state index contributed by atoms with van der Waals surface area (Å²) in [6, 6.07) is 4.90. The number of aliphatic hydroxyl groups excluding tert-OH is 1. The molecule has 1 aromatic heterocycles. The number of benzene rings is 1. The van der Waals surface area contributed by atoms with Gasteiger partial charge >= 0.3 is 6.18 Å². The molecular formula is C17H18F3N3O2. The minimum Gasteiger partial charge on any atom is -0.393 e. The molecule has 0 radical (unpaired) electrons. The molecule has 0 atom stereocenters. The van der Waals surface area contributed by atoms with E-state index in [9.17, 15) is 18.3 Å². The highest BCUT2D eigenvalue weighted by molar-refractivity contribution is 5.35. The monoisotopic (exact) mass is 353 g/mol. The van der Waals surface area contributed by atoms with Gasteiger partial charge in [0.1, 0.15) is 0 Å². The first-order valence-corrected chi connectivity index (χ1v) is 8.04. The van der Waals surface area contributed by atoms with Crippen molar-refractivity contribution in [2.75, 3.05) is 13.2 Å². The average Bonchev–Trinajstić information content (AvgIpc) is 3.25. The van der Waals surface area contributed by atoms with Crippen LogP contribution in [0.2, 0.25) is 0 Å². The van der Waals surface area contributed by atoms with Crippen LogP contribution in [0.5, 0.6) is 0 Å². The van der Waals surface area contributed by atoms with Gasteiger partial charge in [-0.25, -0.2) is 4.68 Å². The number of hydrogen-bond acceptors (Lipinski definition) is 4. The summed E-state index contributed by atoms with van der Waals surface area (Å²) in [5.74, 6) is 0. The van der Waals surface area contributed by atoms with Gasteiger partial charge in [-0.05, 0) is 37.1 Å². The third kappa shape index (κ3) is 2.94. The molecule has 0 spiro atoms. The summed E-state index contributed by atoms with van der Waals surface area (Å²) in [4.78, 5) is 0. The molecule has 2 saturated heterocycles. The normalized spacial score (nSPS) is 28.2. The summed E-state index contributed by atoms with van der Waals surface area (Å²) >= 11 is 0. The SMILES string of the molecule is OCC12CC(NCc3cnn(-c4ccc(C(F)(F)F)cc4)c3)(CO1)C2. The fourth-order valence-electron chi connectivity index (χ4n) is 3.70. The second kappa shape index (κ2) is 5.55. The summed E-state index contributed by atoms with van der Waals surface area (Å²) in [6.45, 7) is 1.22. The zero-order valence-corrected chi connectivity index (χ0v) is 13.4. The number of ether oxygens (including phenoxy) is 1. The van der Waals surface area contributed by atoms with Crippen molar-refractivity contribution in [3.05, 3.63) is 47.8 Å². The second-order valence-electron chi connectivity index (χ2n) is 6.96. The second-order valence-corrected chi connectivity index (χ2v) is 6.96. The molecule has 2 aliphatic heterocycles. The van der Waals surface area contributed by atoms with Crippen LogP contribution in [0.1, 0.15) is 24.0 Å². The van der Waals surface area contributed by atoms with Gasteiger partial charge in [0.05, 0.1) is 36.3 Å². The van der Waals surface area contributed by atoms with Gasteiger partial charge in [0, 0.05) is 23.8 Å². The molecule has 134 valence electrons. The van der Waals surface area contributed by atoms with Crippen LogP contribution in [-0.4, -0.2) is 39.2 Å². The van der Waals surface area contributed by atoms with Gasteiger partial charge in [0.15, 0.2) is 0 Å². The largest absolute Gasteiger partial charge is 0.416 e. The van der Waals surface area contributed by atoms with Crippen molar-refractivity contribution in [2.24, 2.45) is 0 Å². The number of alkyl halides is 3. The Morgan fingerprint density at radius 1 is 1.24 bits per heavy atom. The van der Waals surface area contributed by atoms with Crippen molar-refractivity contribution in [3.8, 4) is 5.69 Å². The summed E-state index contributed by atoms with van der Waals surface area (Å²) in [7, 11) is 0. The molecule has 5 nitrogen and oxygen atoms in total. The number of fused-ring (bicyclic) bond motifs is 1. The molecule has 2 bridgehead atoms.